The molecule has 0 amide bonds. The monoisotopic (exact) mass is 441 g/mol. The maximum absolute atomic E-state index is 14.6. The van der Waals surface area contributed by atoms with Crippen LogP contribution in [0.5, 0.6) is 0 Å². The van der Waals surface area contributed by atoms with Gasteiger partial charge in [-0.3, -0.25) is 4.57 Å². The van der Waals surface area contributed by atoms with Gasteiger partial charge in [-0.05, 0) is 50.3 Å². The number of hydrogen-bond acceptors (Lipinski definition) is 4. The average Bonchev–Trinajstić information content (AvgIpc) is 2.80. The second-order valence-electron chi connectivity index (χ2n) is 9.09. The molecule has 31 heavy (non-hydrogen) atoms. The Morgan fingerprint density at radius 3 is 1.81 bits per heavy atom. The third-order valence-corrected chi connectivity index (χ3v) is 8.73. The smallest absolute Gasteiger partial charge is 0.357 e. The molecule has 2 aliphatic carbocycles. The lowest BCUT2D eigenvalue weighted by molar-refractivity contribution is 0.0758. The van der Waals surface area contributed by atoms with Gasteiger partial charge in [0.05, 0.1) is 12.2 Å². The third kappa shape index (κ3) is 6.22. The maximum Gasteiger partial charge on any atom is 0.357 e. The number of anilines is 1. The molecule has 1 atom stereocenters. The second kappa shape index (κ2) is 10.8. The van der Waals surface area contributed by atoms with Crippen molar-refractivity contribution in [2.24, 2.45) is 0 Å². The standard InChI is InChI=1S/C26H36NO3P/c1-21-17-19-22(20-18-21)26(27-23-11-5-2-6-12-23)31(28,29-24-13-7-3-8-14-24)30-25-15-9-4-10-16-25/h2,5-6,11-12,17-20,24-27H,3-4,7-10,13-16H2,1H3/t26-/m0/s1. The van der Waals surface area contributed by atoms with Crippen LogP contribution in [0.1, 0.15) is 81.1 Å². The fraction of sp³-hybridized carbons (Fsp3) is 0.538. The summed E-state index contributed by atoms with van der Waals surface area (Å²) in [6, 6.07) is 18.2. The van der Waals surface area contributed by atoms with Crippen LogP contribution in [0.15, 0.2) is 54.6 Å². The Morgan fingerprint density at radius 2 is 1.29 bits per heavy atom. The first kappa shape index (κ1) is 22.6. The van der Waals surface area contributed by atoms with E-state index in [1.807, 2.05) is 30.3 Å². The zero-order valence-electron chi connectivity index (χ0n) is 18.7. The van der Waals surface area contributed by atoms with Crippen molar-refractivity contribution in [2.75, 3.05) is 5.32 Å². The maximum atomic E-state index is 14.6. The van der Waals surface area contributed by atoms with Crippen LogP contribution in [-0.4, -0.2) is 12.2 Å². The van der Waals surface area contributed by atoms with E-state index >= 15 is 0 Å². The summed E-state index contributed by atoms with van der Waals surface area (Å²) in [7, 11) is -3.48. The van der Waals surface area contributed by atoms with E-state index in [0.29, 0.717) is 0 Å². The molecule has 0 heterocycles. The van der Waals surface area contributed by atoms with Crippen LogP contribution in [0.3, 0.4) is 0 Å². The summed E-state index contributed by atoms with van der Waals surface area (Å²) < 4.78 is 27.6. The van der Waals surface area contributed by atoms with Crippen molar-refractivity contribution in [3.05, 3.63) is 65.7 Å². The number of nitrogens with one attached hydrogen (secondary N) is 1. The Balaban J connectivity index is 1.67. The number of aryl methyl sites for hydroxylation is 1. The number of rotatable bonds is 8. The molecular weight excluding hydrogens is 405 g/mol. The van der Waals surface area contributed by atoms with E-state index in [1.54, 1.807) is 0 Å². The Kier molecular flexibility index (Phi) is 7.87. The highest BCUT2D eigenvalue weighted by Gasteiger charge is 2.42. The molecule has 0 aliphatic heterocycles. The van der Waals surface area contributed by atoms with Gasteiger partial charge in [-0.25, -0.2) is 0 Å². The zero-order valence-corrected chi connectivity index (χ0v) is 19.6. The molecule has 2 saturated carbocycles. The lowest BCUT2D eigenvalue weighted by atomic mass is 9.98. The van der Waals surface area contributed by atoms with E-state index in [4.69, 9.17) is 9.05 Å². The molecule has 2 fully saturated rings. The normalized spacial score (nSPS) is 19.8. The van der Waals surface area contributed by atoms with E-state index in [9.17, 15) is 4.57 Å². The Labute approximate surface area is 187 Å². The van der Waals surface area contributed by atoms with Crippen molar-refractivity contribution >= 4 is 13.3 Å². The molecule has 4 nitrogen and oxygen atoms in total. The SMILES string of the molecule is Cc1ccc([C@@H](Nc2ccccc2)P(=O)(OC2CCCCC2)OC2CCCCC2)cc1. The van der Waals surface area contributed by atoms with Crippen molar-refractivity contribution in [1.29, 1.82) is 0 Å². The van der Waals surface area contributed by atoms with E-state index < -0.39 is 13.4 Å². The van der Waals surface area contributed by atoms with Crippen molar-refractivity contribution in [3.63, 3.8) is 0 Å². The molecule has 2 aromatic carbocycles. The van der Waals surface area contributed by atoms with Gasteiger partial charge in [-0.2, -0.15) is 0 Å². The molecule has 2 aromatic rings. The Hall–Kier alpha value is -1.61. The highest BCUT2D eigenvalue weighted by Crippen LogP contribution is 2.63. The van der Waals surface area contributed by atoms with Gasteiger partial charge in [0.1, 0.15) is 0 Å². The van der Waals surface area contributed by atoms with Gasteiger partial charge in [0.15, 0.2) is 5.78 Å². The first-order valence-corrected chi connectivity index (χ1v) is 13.6. The minimum atomic E-state index is -3.48. The summed E-state index contributed by atoms with van der Waals surface area (Å²) in [5.74, 6) is -0.528. The fourth-order valence-electron chi connectivity index (χ4n) is 4.69. The van der Waals surface area contributed by atoms with Gasteiger partial charge in [0.25, 0.3) is 0 Å². The van der Waals surface area contributed by atoms with Crippen molar-refractivity contribution in [3.8, 4) is 0 Å². The molecule has 0 unspecified atom stereocenters. The average molecular weight is 442 g/mol. The molecular formula is C26H36NO3P. The zero-order chi connectivity index (χ0) is 21.5. The molecule has 1 N–H and O–H groups in total. The van der Waals surface area contributed by atoms with Crippen LogP contribution in [0, 0.1) is 6.92 Å². The molecule has 0 spiro atoms. The van der Waals surface area contributed by atoms with Crippen LogP contribution in [0.4, 0.5) is 5.69 Å². The van der Waals surface area contributed by atoms with E-state index in [0.717, 1.165) is 62.6 Å². The van der Waals surface area contributed by atoms with Gasteiger partial charge >= 0.3 is 7.60 Å². The van der Waals surface area contributed by atoms with Gasteiger partial charge in [-0.1, -0.05) is 86.6 Å². The third-order valence-electron chi connectivity index (χ3n) is 6.48. The van der Waals surface area contributed by atoms with E-state index in [1.165, 1.54) is 18.4 Å². The summed E-state index contributed by atoms with van der Waals surface area (Å²) >= 11 is 0. The van der Waals surface area contributed by atoms with E-state index in [-0.39, 0.29) is 12.2 Å². The highest BCUT2D eigenvalue weighted by molar-refractivity contribution is 7.54. The van der Waals surface area contributed by atoms with Gasteiger partial charge in [0, 0.05) is 5.69 Å². The molecule has 5 heteroatoms. The van der Waals surface area contributed by atoms with Crippen molar-refractivity contribution in [1.82, 2.24) is 0 Å². The van der Waals surface area contributed by atoms with Crippen LogP contribution in [-0.2, 0) is 13.6 Å². The van der Waals surface area contributed by atoms with Crippen molar-refractivity contribution in [2.45, 2.75) is 89.1 Å². The fourth-order valence-corrected chi connectivity index (χ4v) is 7.08. The summed E-state index contributed by atoms with van der Waals surface area (Å²) in [5.41, 5.74) is 3.05. The first-order chi connectivity index (χ1) is 15.1. The molecule has 2 aliphatic rings. The predicted octanol–water partition coefficient (Wildman–Crippen LogP) is 8.00. The molecule has 4 rings (SSSR count). The molecule has 0 bridgehead atoms. The first-order valence-electron chi connectivity index (χ1n) is 12.0. The summed E-state index contributed by atoms with van der Waals surface area (Å²) in [4.78, 5) is 0. The van der Waals surface area contributed by atoms with E-state index in [2.05, 4.69) is 36.5 Å². The lowest BCUT2D eigenvalue weighted by Gasteiger charge is -2.36. The van der Waals surface area contributed by atoms with Crippen LogP contribution in [0.2, 0.25) is 0 Å². The van der Waals surface area contributed by atoms with Crippen LogP contribution >= 0.6 is 7.60 Å². The van der Waals surface area contributed by atoms with Gasteiger partial charge in [-0.15, -0.1) is 0 Å². The topological polar surface area (TPSA) is 47.6 Å². The predicted molar refractivity (Wildman–Crippen MR) is 128 cm³/mol. The molecule has 168 valence electrons. The van der Waals surface area contributed by atoms with Crippen LogP contribution in [0.25, 0.3) is 0 Å². The summed E-state index contributed by atoms with van der Waals surface area (Å²) in [6.45, 7) is 2.07. The number of para-hydroxylation sites is 1. The molecule has 0 saturated heterocycles. The van der Waals surface area contributed by atoms with Gasteiger partial charge < -0.3 is 14.4 Å². The van der Waals surface area contributed by atoms with Crippen molar-refractivity contribution < 1.29 is 13.6 Å². The highest BCUT2D eigenvalue weighted by atomic mass is 31.2. The minimum Gasteiger partial charge on any atom is -0.368 e. The minimum absolute atomic E-state index is 0.00805. The van der Waals surface area contributed by atoms with Gasteiger partial charge in [0.2, 0.25) is 0 Å². The summed E-state index contributed by atoms with van der Waals surface area (Å²) in [5, 5.41) is 3.52. The number of hydrogen-bond donors (Lipinski definition) is 1. The Bertz CT molecular complexity index is 819. The molecule has 0 radical (unpaired) electrons. The lowest BCUT2D eigenvalue weighted by Crippen LogP contribution is -2.25. The molecule has 0 aromatic heterocycles. The van der Waals surface area contributed by atoms with Crippen LogP contribution < -0.4 is 5.32 Å². The number of benzene rings is 2. The quantitative estimate of drug-likeness (QED) is 0.422. The largest absolute Gasteiger partial charge is 0.368 e. The second-order valence-corrected chi connectivity index (χ2v) is 11.1. The summed E-state index contributed by atoms with van der Waals surface area (Å²) in [6.07, 6.45) is 10.9. The Morgan fingerprint density at radius 1 is 0.774 bits per heavy atom.